The van der Waals surface area contributed by atoms with E-state index in [0.29, 0.717) is 4.90 Å². The van der Waals surface area contributed by atoms with Crippen molar-refractivity contribution in [2.45, 2.75) is 43.6 Å². The first-order valence-corrected chi connectivity index (χ1v) is 10.6. The zero-order valence-corrected chi connectivity index (χ0v) is 16.3. The molecule has 1 N–H and O–H groups in total. The molecule has 0 amide bonds. The number of rotatable bonds is 4. The highest BCUT2D eigenvalue weighted by Gasteiger charge is 2.29. The highest BCUT2D eigenvalue weighted by molar-refractivity contribution is 7.90. The topological polar surface area (TPSA) is 59.3 Å². The van der Waals surface area contributed by atoms with Crippen molar-refractivity contribution < 1.29 is 13.5 Å². The third-order valence-electron chi connectivity index (χ3n) is 4.96. The zero-order valence-electron chi connectivity index (χ0n) is 15.5. The van der Waals surface area contributed by atoms with E-state index in [0.717, 1.165) is 47.0 Å². The van der Waals surface area contributed by atoms with Crippen LogP contribution in [0.15, 0.2) is 59.5 Å². The van der Waals surface area contributed by atoms with E-state index in [2.05, 4.69) is 0 Å². The van der Waals surface area contributed by atoms with Gasteiger partial charge in [0.25, 0.3) is 10.0 Å². The summed E-state index contributed by atoms with van der Waals surface area (Å²) in [5.74, 6) is 0. The lowest BCUT2D eigenvalue weighted by Crippen LogP contribution is -2.15. The summed E-state index contributed by atoms with van der Waals surface area (Å²) < 4.78 is 28.2. The molecule has 1 aliphatic rings. The van der Waals surface area contributed by atoms with Crippen LogP contribution in [0.2, 0.25) is 0 Å². The molecule has 2 aromatic carbocycles. The van der Waals surface area contributed by atoms with Crippen molar-refractivity contribution in [3.05, 3.63) is 71.4 Å². The lowest BCUT2D eigenvalue weighted by Gasteiger charge is -2.11. The number of benzene rings is 2. The highest BCUT2D eigenvalue weighted by atomic mass is 32.2. The average molecular weight is 381 g/mol. The van der Waals surface area contributed by atoms with Crippen molar-refractivity contribution in [1.29, 1.82) is 0 Å². The Morgan fingerprint density at radius 2 is 1.81 bits per heavy atom. The molecule has 1 heterocycles. The van der Waals surface area contributed by atoms with E-state index in [1.54, 1.807) is 44.2 Å². The maximum absolute atomic E-state index is 13.3. The van der Waals surface area contributed by atoms with Crippen molar-refractivity contribution in [1.82, 2.24) is 3.97 Å². The molecule has 0 spiro atoms. The average Bonchev–Trinajstić information content (AvgIpc) is 3.20. The molecule has 140 valence electrons. The van der Waals surface area contributed by atoms with Crippen molar-refractivity contribution in [2.75, 3.05) is 0 Å². The first kappa shape index (κ1) is 18.0. The number of hydrogen-bond acceptors (Lipinski definition) is 3. The molecule has 0 unspecified atom stereocenters. The van der Waals surface area contributed by atoms with Gasteiger partial charge in [-0.05, 0) is 68.5 Å². The van der Waals surface area contributed by atoms with Gasteiger partial charge in [0.1, 0.15) is 0 Å². The molecule has 4 nitrogen and oxygen atoms in total. The van der Waals surface area contributed by atoms with Crippen LogP contribution < -0.4 is 0 Å². The van der Waals surface area contributed by atoms with Crippen molar-refractivity contribution >= 4 is 27.0 Å². The van der Waals surface area contributed by atoms with E-state index >= 15 is 0 Å². The van der Waals surface area contributed by atoms with E-state index in [1.165, 1.54) is 3.97 Å². The second-order valence-corrected chi connectivity index (χ2v) is 9.41. The zero-order chi connectivity index (χ0) is 19.2. The summed E-state index contributed by atoms with van der Waals surface area (Å²) >= 11 is 0. The van der Waals surface area contributed by atoms with Crippen molar-refractivity contribution in [3.8, 4) is 0 Å². The van der Waals surface area contributed by atoms with Crippen LogP contribution in [0, 0.1) is 0 Å². The van der Waals surface area contributed by atoms with E-state index < -0.39 is 15.6 Å². The van der Waals surface area contributed by atoms with E-state index in [-0.39, 0.29) is 0 Å². The summed E-state index contributed by atoms with van der Waals surface area (Å²) in [6.45, 7) is 3.45. The smallest absolute Gasteiger partial charge is 0.268 e. The Morgan fingerprint density at radius 3 is 2.52 bits per heavy atom. The second-order valence-electron chi connectivity index (χ2n) is 7.62. The molecule has 0 saturated carbocycles. The van der Waals surface area contributed by atoms with Gasteiger partial charge in [-0.15, -0.1) is 0 Å². The molecular weight excluding hydrogens is 358 g/mol. The predicted molar refractivity (Wildman–Crippen MR) is 108 cm³/mol. The Hall–Kier alpha value is -2.37. The molecule has 27 heavy (non-hydrogen) atoms. The first-order chi connectivity index (χ1) is 12.8. The lowest BCUT2D eigenvalue weighted by molar-refractivity contribution is 0.134. The number of nitrogens with zero attached hydrogens (tertiary/aromatic N) is 1. The molecule has 0 saturated heterocycles. The summed E-state index contributed by atoms with van der Waals surface area (Å²) in [5, 5.41) is 10.9. The number of fused-ring (bicyclic) bond motifs is 3. The second kappa shape index (κ2) is 6.36. The van der Waals surface area contributed by atoms with Crippen LogP contribution in [-0.4, -0.2) is 23.1 Å². The Balaban J connectivity index is 1.92. The summed E-state index contributed by atoms with van der Waals surface area (Å²) in [5.41, 5.74) is 2.82. The fourth-order valence-corrected chi connectivity index (χ4v) is 5.36. The Morgan fingerprint density at radius 1 is 1.07 bits per heavy atom. The Kier molecular flexibility index (Phi) is 4.24. The van der Waals surface area contributed by atoms with Gasteiger partial charge < -0.3 is 5.11 Å². The molecule has 0 atom stereocenters. The third kappa shape index (κ3) is 3.22. The molecule has 0 aliphatic heterocycles. The maximum atomic E-state index is 13.3. The van der Waals surface area contributed by atoms with E-state index in [1.807, 2.05) is 30.3 Å². The van der Waals surface area contributed by atoms with Crippen molar-refractivity contribution in [2.24, 2.45) is 0 Å². The number of aromatic nitrogens is 1. The molecular formula is C22H23NO3S. The van der Waals surface area contributed by atoms with Gasteiger partial charge in [-0.1, -0.05) is 36.4 Å². The Labute approximate surface area is 159 Å². The van der Waals surface area contributed by atoms with Crippen LogP contribution in [0.3, 0.4) is 0 Å². The highest BCUT2D eigenvalue weighted by Crippen LogP contribution is 2.36. The monoisotopic (exact) mass is 381 g/mol. The lowest BCUT2D eigenvalue weighted by atomic mass is 10.0. The number of aliphatic hydroxyl groups is 1. The van der Waals surface area contributed by atoms with Gasteiger partial charge >= 0.3 is 0 Å². The predicted octanol–water partition coefficient (Wildman–Crippen LogP) is 4.15. The minimum Gasteiger partial charge on any atom is -0.386 e. The molecule has 0 fully saturated rings. The summed E-state index contributed by atoms with van der Waals surface area (Å²) in [6, 6.07) is 14.4. The first-order valence-electron chi connectivity index (χ1n) is 9.16. The van der Waals surface area contributed by atoms with Gasteiger partial charge in [0.05, 0.1) is 16.0 Å². The molecule has 4 rings (SSSR count). The van der Waals surface area contributed by atoms with Gasteiger partial charge in [0, 0.05) is 11.1 Å². The fraction of sp³-hybridized carbons (Fsp3) is 0.273. The van der Waals surface area contributed by atoms with Gasteiger partial charge in [-0.2, -0.15) is 0 Å². The standard InChI is InChI=1S/C22H23NO3S/c1-22(2,24)14-13-16-11-12-21-19(15-16)18-9-6-10-20(18)23(21)27(25,26)17-7-4-3-5-8-17/h3-5,7-8,11-15,24H,6,9-10H2,1-2H3/b14-13+. The minimum atomic E-state index is -3.64. The third-order valence-corrected chi connectivity index (χ3v) is 6.73. The summed E-state index contributed by atoms with van der Waals surface area (Å²) in [4.78, 5) is 0.308. The molecule has 1 aliphatic carbocycles. The Bertz CT molecular complexity index is 1130. The van der Waals surface area contributed by atoms with Crippen LogP contribution in [0.4, 0.5) is 0 Å². The van der Waals surface area contributed by atoms with Gasteiger partial charge in [0.2, 0.25) is 0 Å². The fourth-order valence-electron chi connectivity index (χ4n) is 3.74. The van der Waals surface area contributed by atoms with Gasteiger partial charge in [0.15, 0.2) is 0 Å². The summed E-state index contributed by atoms with van der Waals surface area (Å²) in [7, 11) is -3.64. The van der Waals surface area contributed by atoms with Gasteiger partial charge in [-0.25, -0.2) is 12.4 Å². The van der Waals surface area contributed by atoms with Crippen LogP contribution >= 0.6 is 0 Å². The van der Waals surface area contributed by atoms with E-state index in [9.17, 15) is 13.5 Å². The van der Waals surface area contributed by atoms with Crippen LogP contribution in [0.25, 0.3) is 17.0 Å². The summed E-state index contributed by atoms with van der Waals surface area (Å²) in [6.07, 6.45) is 6.25. The minimum absolute atomic E-state index is 0.308. The van der Waals surface area contributed by atoms with Crippen LogP contribution in [0.1, 0.15) is 37.1 Å². The molecule has 3 aromatic rings. The normalized spacial score (nSPS) is 14.9. The maximum Gasteiger partial charge on any atom is 0.268 e. The quantitative estimate of drug-likeness (QED) is 0.738. The largest absolute Gasteiger partial charge is 0.386 e. The molecule has 0 radical (unpaired) electrons. The van der Waals surface area contributed by atoms with Crippen LogP contribution in [-0.2, 0) is 22.9 Å². The molecule has 0 bridgehead atoms. The number of hydrogen-bond donors (Lipinski definition) is 1. The molecule has 1 aromatic heterocycles. The number of aryl methyl sites for hydroxylation is 1. The van der Waals surface area contributed by atoms with E-state index in [4.69, 9.17) is 0 Å². The van der Waals surface area contributed by atoms with Gasteiger partial charge in [-0.3, -0.25) is 0 Å². The SMILES string of the molecule is CC(C)(O)/C=C/c1ccc2c(c1)c1c(n2S(=O)(=O)c2ccccc2)CCC1. The van der Waals surface area contributed by atoms with Crippen molar-refractivity contribution in [3.63, 3.8) is 0 Å². The molecule has 5 heteroatoms. The van der Waals surface area contributed by atoms with Crippen LogP contribution in [0.5, 0.6) is 0 Å².